The van der Waals surface area contributed by atoms with E-state index in [4.69, 9.17) is 19.3 Å². The SMILES string of the molecule is COc1ccc(/C=N\OCc2nc3c4c(C)c(C)n(CC(C)C)c4ncn3n2)cc1OC. The van der Waals surface area contributed by atoms with Gasteiger partial charge in [-0.15, -0.1) is 5.10 Å². The second-order valence-electron chi connectivity index (χ2n) is 8.08. The van der Waals surface area contributed by atoms with Crippen LogP contribution in [0.3, 0.4) is 0 Å². The van der Waals surface area contributed by atoms with Crippen LogP contribution in [0, 0.1) is 19.8 Å². The number of hydrogen-bond donors (Lipinski definition) is 0. The van der Waals surface area contributed by atoms with Gasteiger partial charge in [0.1, 0.15) is 12.0 Å². The smallest absolute Gasteiger partial charge is 0.192 e. The van der Waals surface area contributed by atoms with Crippen molar-refractivity contribution in [1.29, 1.82) is 0 Å². The summed E-state index contributed by atoms with van der Waals surface area (Å²) in [6.45, 7) is 9.70. The van der Waals surface area contributed by atoms with Gasteiger partial charge in [-0.2, -0.15) is 0 Å². The van der Waals surface area contributed by atoms with Crippen molar-refractivity contribution in [3.8, 4) is 11.5 Å². The molecule has 0 spiro atoms. The zero-order valence-electron chi connectivity index (χ0n) is 19.3. The zero-order valence-corrected chi connectivity index (χ0v) is 19.3. The highest BCUT2D eigenvalue weighted by atomic mass is 16.6. The maximum absolute atomic E-state index is 5.44. The fourth-order valence-electron chi connectivity index (χ4n) is 3.75. The molecule has 3 aromatic heterocycles. The maximum atomic E-state index is 5.44. The van der Waals surface area contributed by atoms with Gasteiger partial charge in [0, 0.05) is 17.8 Å². The lowest BCUT2D eigenvalue weighted by atomic mass is 10.2. The van der Waals surface area contributed by atoms with E-state index in [-0.39, 0.29) is 6.61 Å². The summed E-state index contributed by atoms with van der Waals surface area (Å²) in [4.78, 5) is 14.8. The molecule has 0 saturated heterocycles. The minimum atomic E-state index is 0.150. The number of aryl methyl sites for hydroxylation is 1. The largest absolute Gasteiger partial charge is 0.493 e. The van der Waals surface area contributed by atoms with Crippen LogP contribution in [-0.2, 0) is 18.0 Å². The lowest BCUT2D eigenvalue weighted by molar-refractivity contribution is 0.126. The summed E-state index contributed by atoms with van der Waals surface area (Å²) < 4.78 is 14.5. The fraction of sp³-hybridized carbons (Fsp3) is 0.391. The highest BCUT2D eigenvalue weighted by Gasteiger charge is 2.18. The first-order valence-corrected chi connectivity index (χ1v) is 10.5. The third-order valence-corrected chi connectivity index (χ3v) is 5.42. The molecule has 0 fully saturated rings. The number of hydrogen-bond acceptors (Lipinski definition) is 7. The quantitative estimate of drug-likeness (QED) is 0.307. The number of benzene rings is 1. The summed E-state index contributed by atoms with van der Waals surface area (Å²) in [5.74, 6) is 2.35. The number of ether oxygens (including phenoxy) is 2. The normalized spacial score (nSPS) is 11.8. The molecule has 0 aliphatic rings. The van der Waals surface area contributed by atoms with Gasteiger partial charge in [-0.3, -0.25) is 0 Å². The fourth-order valence-corrected chi connectivity index (χ4v) is 3.75. The molecule has 0 saturated carbocycles. The predicted octanol–water partition coefficient (Wildman–Crippen LogP) is 3.92. The molecule has 1 aromatic carbocycles. The summed E-state index contributed by atoms with van der Waals surface area (Å²) in [6, 6.07) is 5.51. The molecule has 0 radical (unpaired) electrons. The van der Waals surface area contributed by atoms with Crippen LogP contribution in [0.1, 0.15) is 36.5 Å². The summed E-state index contributed by atoms with van der Waals surface area (Å²) in [6.07, 6.45) is 3.31. The van der Waals surface area contributed by atoms with Gasteiger partial charge in [0.15, 0.2) is 29.6 Å². The average molecular weight is 437 g/mol. The summed E-state index contributed by atoms with van der Waals surface area (Å²) >= 11 is 0. The summed E-state index contributed by atoms with van der Waals surface area (Å²) in [5.41, 5.74) is 4.92. The summed E-state index contributed by atoms with van der Waals surface area (Å²) in [5, 5.41) is 9.56. The van der Waals surface area contributed by atoms with Gasteiger partial charge < -0.3 is 18.9 Å². The third kappa shape index (κ3) is 3.98. The van der Waals surface area contributed by atoms with Gasteiger partial charge in [0.2, 0.25) is 0 Å². The van der Waals surface area contributed by atoms with E-state index in [1.807, 2.05) is 18.2 Å². The molecule has 0 amide bonds. The van der Waals surface area contributed by atoms with E-state index in [0.29, 0.717) is 23.2 Å². The molecule has 3 heterocycles. The topological polar surface area (TPSA) is 88.1 Å². The minimum Gasteiger partial charge on any atom is -0.493 e. The van der Waals surface area contributed by atoms with E-state index in [9.17, 15) is 0 Å². The van der Waals surface area contributed by atoms with Crippen LogP contribution in [0.5, 0.6) is 11.5 Å². The molecule has 0 aliphatic carbocycles. The lowest BCUT2D eigenvalue weighted by Gasteiger charge is -2.10. The van der Waals surface area contributed by atoms with Gasteiger partial charge in [-0.25, -0.2) is 14.5 Å². The Labute approximate surface area is 186 Å². The first kappa shape index (κ1) is 21.6. The van der Waals surface area contributed by atoms with E-state index in [0.717, 1.165) is 28.8 Å². The lowest BCUT2D eigenvalue weighted by Crippen LogP contribution is -2.07. The van der Waals surface area contributed by atoms with E-state index in [2.05, 4.69) is 47.5 Å². The van der Waals surface area contributed by atoms with Crippen molar-refractivity contribution in [3.05, 3.63) is 47.2 Å². The van der Waals surface area contributed by atoms with Crippen LogP contribution in [0.25, 0.3) is 16.7 Å². The number of rotatable bonds is 8. The minimum absolute atomic E-state index is 0.150. The van der Waals surface area contributed by atoms with Gasteiger partial charge in [0.05, 0.1) is 25.8 Å². The van der Waals surface area contributed by atoms with Gasteiger partial charge in [-0.1, -0.05) is 19.0 Å². The zero-order chi connectivity index (χ0) is 22.8. The van der Waals surface area contributed by atoms with Crippen LogP contribution in [0.2, 0.25) is 0 Å². The Kier molecular flexibility index (Phi) is 5.98. The van der Waals surface area contributed by atoms with E-state index >= 15 is 0 Å². The van der Waals surface area contributed by atoms with Gasteiger partial charge >= 0.3 is 0 Å². The summed E-state index contributed by atoms with van der Waals surface area (Å²) in [7, 11) is 3.19. The Bertz CT molecular complexity index is 1290. The highest BCUT2D eigenvalue weighted by Crippen LogP contribution is 2.28. The Morgan fingerprint density at radius 3 is 2.59 bits per heavy atom. The Morgan fingerprint density at radius 1 is 1.09 bits per heavy atom. The average Bonchev–Trinajstić information content (AvgIpc) is 3.30. The Hall–Kier alpha value is -3.62. The third-order valence-electron chi connectivity index (χ3n) is 5.42. The molecular weight excluding hydrogens is 408 g/mol. The number of fused-ring (bicyclic) bond motifs is 3. The number of aromatic nitrogens is 5. The number of nitrogens with zero attached hydrogens (tertiary/aromatic N) is 6. The molecule has 0 aliphatic heterocycles. The molecule has 4 aromatic rings. The van der Waals surface area contributed by atoms with Crippen LogP contribution in [0.4, 0.5) is 0 Å². The van der Waals surface area contributed by atoms with Gasteiger partial charge in [0.25, 0.3) is 0 Å². The molecule has 9 heteroatoms. The van der Waals surface area contributed by atoms with Crippen molar-refractivity contribution in [2.75, 3.05) is 14.2 Å². The van der Waals surface area contributed by atoms with Crippen molar-refractivity contribution in [1.82, 2.24) is 24.1 Å². The molecule has 0 unspecified atom stereocenters. The second kappa shape index (κ2) is 8.86. The molecule has 4 rings (SSSR count). The highest BCUT2D eigenvalue weighted by molar-refractivity contribution is 5.93. The monoisotopic (exact) mass is 436 g/mol. The van der Waals surface area contributed by atoms with E-state index in [1.54, 1.807) is 31.3 Å². The van der Waals surface area contributed by atoms with Crippen molar-refractivity contribution < 1.29 is 14.3 Å². The van der Waals surface area contributed by atoms with Crippen LogP contribution >= 0.6 is 0 Å². The molecule has 0 N–H and O–H groups in total. The van der Waals surface area contributed by atoms with E-state index in [1.165, 1.54) is 11.3 Å². The van der Waals surface area contributed by atoms with Crippen molar-refractivity contribution in [2.24, 2.45) is 11.1 Å². The number of methoxy groups -OCH3 is 2. The van der Waals surface area contributed by atoms with Gasteiger partial charge in [-0.05, 0) is 43.5 Å². The molecule has 0 bridgehead atoms. The molecule has 32 heavy (non-hydrogen) atoms. The standard InChI is InChI=1S/C23H28N6O3/c1-14(2)11-28-16(4)15(3)21-22(28)24-13-29-23(21)26-20(27-29)12-32-25-10-17-7-8-18(30-5)19(9-17)31-6/h7-10,13-14H,11-12H2,1-6H3/b25-10-. The molecule has 0 atom stereocenters. The Balaban J connectivity index is 1.54. The van der Waals surface area contributed by atoms with E-state index < -0.39 is 0 Å². The predicted molar refractivity (Wildman–Crippen MR) is 123 cm³/mol. The maximum Gasteiger partial charge on any atom is 0.192 e. The van der Waals surface area contributed by atoms with Crippen molar-refractivity contribution >= 4 is 22.9 Å². The van der Waals surface area contributed by atoms with Crippen LogP contribution in [0.15, 0.2) is 29.7 Å². The van der Waals surface area contributed by atoms with Crippen molar-refractivity contribution in [2.45, 2.75) is 40.8 Å². The Morgan fingerprint density at radius 2 is 1.88 bits per heavy atom. The van der Waals surface area contributed by atoms with Crippen molar-refractivity contribution in [3.63, 3.8) is 0 Å². The van der Waals surface area contributed by atoms with Crippen LogP contribution in [-0.4, -0.2) is 44.6 Å². The number of oxime groups is 1. The second-order valence-corrected chi connectivity index (χ2v) is 8.08. The molecule has 168 valence electrons. The molecule has 9 nitrogen and oxygen atoms in total. The first-order chi connectivity index (χ1) is 15.4. The van der Waals surface area contributed by atoms with Crippen LogP contribution < -0.4 is 9.47 Å². The molecular formula is C23H28N6O3. The first-order valence-electron chi connectivity index (χ1n) is 10.5.